The SMILES string of the molecule is c1ccc(-c2ccc(N(c3ccc(-c4cc5ccccc5c5ccccc45)cc3)c3ccc4c(c3)C3(c5ccccc5O4)c4ccccc4-c4ccccc43)cc2)cc1. The normalized spacial score (nSPS) is 13.0. The monoisotopic (exact) mass is 751 g/mol. The number of para-hydroxylation sites is 1. The van der Waals surface area contributed by atoms with Crippen LogP contribution in [0.1, 0.15) is 22.3 Å². The summed E-state index contributed by atoms with van der Waals surface area (Å²) in [6.45, 7) is 0. The van der Waals surface area contributed by atoms with E-state index in [1.165, 1.54) is 66.1 Å². The second-order valence-electron chi connectivity index (χ2n) is 15.6. The van der Waals surface area contributed by atoms with E-state index in [0.29, 0.717) is 0 Å². The molecule has 276 valence electrons. The Bertz CT molecular complexity index is 3190. The molecule has 0 N–H and O–H groups in total. The van der Waals surface area contributed by atoms with Crippen molar-refractivity contribution in [2.24, 2.45) is 0 Å². The van der Waals surface area contributed by atoms with Gasteiger partial charge in [-0.3, -0.25) is 0 Å². The van der Waals surface area contributed by atoms with Crippen LogP contribution < -0.4 is 9.64 Å². The van der Waals surface area contributed by atoms with Crippen molar-refractivity contribution in [1.29, 1.82) is 0 Å². The molecule has 0 fully saturated rings. The molecule has 2 heteroatoms. The van der Waals surface area contributed by atoms with Crippen LogP contribution >= 0.6 is 0 Å². The van der Waals surface area contributed by atoms with Gasteiger partial charge in [-0.05, 0) is 121 Å². The maximum atomic E-state index is 6.82. The molecule has 12 rings (SSSR count). The fourth-order valence-corrected chi connectivity index (χ4v) is 9.95. The maximum absolute atomic E-state index is 6.82. The summed E-state index contributed by atoms with van der Waals surface area (Å²) < 4.78 is 6.82. The number of rotatable bonds is 5. The molecular weight excluding hydrogens is 715 g/mol. The molecule has 0 saturated carbocycles. The van der Waals surface area contributed by atoms with Gasteiger partial charge in [0.05, 0.1) is 5.41 Å². The molecular formula is C57H37NO. The number of fused-ring (bicyclic) bond motifs is 12. The molecule has 0 amide bonds. The minimum Gasteiger partial charge on any atom is -0.457 e. The highest BCUT2D eigenvalue weighted by atomic mass is 16.5. The molecule has 0 atom stereocenters. The lowest BCUT2D eigenvalue weighted by Gasteiger charge is -2.40. The summed E-state index contributed by atoms with van der Waals surface area (Å²) in [6.07, 6.45) is 0. The lowest BCUT2D eigenvalue weighted by molar-refractivity contribution is 0.436. The van der Waals surface area contributed by atoms with Gasteiger partial charge in [0.25, 0.3) is 0 Å². The zero-order valence-corrected chi connectivity index (χ0v) is 32.2. The largest absolute Gasteiger partial charge is 0.457 e. The van der Waals surface area contributed by atoms with Crippen LogP contribution in [0.5, 0.6) is 11.5 Å². The first-order valence-corrected chi connectivity index (χ1v) is 20.3. The highest BCUT2D eigenvalue weighted by Gasteiger charge is 2.51. The average Bonchev–Trinajstić information content (AvgIpc) is 3.60. The summed E-state index contributed by atoms with van der Waals surface area (Å²) in [4.78, 5) is 2.39. The second-order valence-corrected chi connectivity index (χ2v) is 15.6. The Morgan fingerprint density at radius 3 is 1.53 bits per heavy atom. The van der Waals surface area contributed by atoms with E-state index in [4.69, 9.17) is 4.74 Å². The molecule has 0 unspecified atom stereocenters. The van der Waals surface area contributed by atoms with E-state index in [0.717, 1.165) is 39.7 Å². The standard InChI is InChI=1S/C57H37NO/c1-2-14-38(15-3-1)39-26-30-42(31-27-39)58(43-32-28-40(29-33-43)50-36-41-16-4-5-17-45(41)46-18-6-7-19-47(46)50)44-34-35-56-54(37-44)57(53-24-12-13-25-55(53)59-56)51-22-10-8-20-48(51)49-21-9-11-23-52(49)57/h1-37H. The van der Waals surface area contributed by atoms with Gasteiger partial charge in [-0.15, -0.1) is 0 Å². The topological polar surface area (TPSA) is 12.5 Å². The van der Waals surface area contributed by atoms with Crippen molar-refractivity contribution in [3.8, 4) is 44.9 Å². The van der Waals surface area contributed by atoms with E-state index < -0.39 is 5.41 Å². The van der Waals surface area contributed by atoms with Gasteiger partial charge in [0.15, 0.2) is 0 Å². The van der Waals surface area contributed by atoms with E-state index in [1.807, 2.05) is 0 Å². The zero-order chi connectivity index (χ0) is 38.9. The summed E-state index contributed by atoms with van der Waals surface area (Å²) in [5.41, 5.74) is 14.8. The summed E-state index contributed by atoms with van der Waals surface area (Å²) in [5, 5.41) is 5.04. The van der Waals surface area contributed by atoms with Crippen molar-refractivity contribution < 1.29 is 4.74 Å². The van der Waals surface area contributed by atoms with E-state index in [2.05, 4.69) is 229 Å². The van der Waals surface area contributed by atoms with Crippen molar-refractivity contribution in [2.45, 2.75) is 5.41 Å². The first-order valence-electron chi connectivity index (χ1n) is 20.3. The number of hydrogen-bond acceptors (Lipinski definition) is 2. The Hall–Kier alpha value is -7.68. The molecule has 59 heavy (non-hydrogen) atoms. The predicted molar refractivity (Wildman–Crippen MR) is 244 cm³/mol. The van der Waals surface area contributed by atoms with Crippen LogP contribution in [-0.4, -0.2) is 0 Å². The zero-order valence-electron chi connectivity index (χ0n) is 32.2. The van der Waals surface area contributed by atoms with Crippen molar-refractivity contribution in [1.82, 2.24) is 0 Å². The van der Waals surface area contributed by atoms with Gasteiger partial charge in [-0.1, -0.05) is 170 Å². The average molecular weight is 752 g/mol. The summed E-state index contributed by atoms with van der Waals surface area (Å²) in [7, 11) is 0. The molecule has 0 saturated heterocycles. The number of nitrogens with zero attached hydrogens (tertiary/aromatic N) is 1. The Labute approximate surface area is 343 Å². The molecule has 10 aromatic rings. The number of ether oxygens (including phenoxy) is 1. The van der Waals surface area contributed by atoms with Gasteiger partial charge in [-0.25, -0.2) is 0 Å². The molecule has 2 aliphatic rings. The maximum Gasteiger partial charge on any atom is 0.132 e. The number of benzene rings is 10. The Morgan fingerprint density at radius 2 is 0.814 bits per heavy atom. The lowest BCUT2D eigenvalue weighted by Crippen LogP contribution is -2.32. The lowest BCUT2D eigenvalue weighted by atomic mass is 9.66. The van der Waals surface area contributed by atoms with Gasteiger partial charge in [-0.2, -0.15) is 0 Å². The van der Waals surface area contributed by atoms with Crippen LogP contribution in [0, 0.1) is 0 Å². The van der Waals surface area contributed by atoms with Gasteiger partial charge < -0.3 is 9.64 Å². The fourth-order valence-electron chi connectivity index (χ4n) is 9.95. The third-order valence-electron chi connectivity index (χ3n) is 12.5. The molecule has 0 aromatic heterocycles. The third kappa shape index (κ3) is 5.06. The number of hydrogen-bond donors (Lipinski definition) is 0. The van der Waals surface area contributed by atoms with E-state index in [9.17, 15) is 0 Å². The fraction of sp³-hybridized carbons (Fsp3) is 0.0175. The number of anilines is 3. The molecule has 1 heterocycles. The van der Waals surface area contributed by atoms with Gasteiger partial charge in [0.1, 0.15) is 11.5 Å². The van der Waals surface area contributed by atoms with E-state index in [1.54, 1.807) is 0 Å². The quantitative estimate of drug-likeness (QED) is 0.162. The van der Waals surface area contributed by atoms with Crippen molar-refractivity contribution in [2.75, 3.05) is 4.90 Å². The predicted octanol–water partition coefficient (Wildman–Crippen LogP) is 15.3. The molecule has 0 radical (unpaired) electrons. The first kappa shape index (κ1) is 33.5. The molecule has 1 aliphatic carbocycles. The smallest absolute Gasteiger partial charge is 0.132 e. The molecule has 1 spiro atoms. The molecule has 1 aliphatic heterocycles. The van der Waals surface area contributed by atoms with Crippen LogP contribution in [0.2, 0.25) is 0 Å². The van der Waals surface area contributed by atoms with Crippen LogP contribution in [0.4, 0.5) is 17.1 Å². The van der Waals surface area contributed by atoms with Crippen molar-refractivity contribution in [3.05, 3.63) is 247 Å². The molecule has 10 aromatic carbocycles. The van der Waals surface area contributed by atoms with Crippen LogP contribution in [0.25, 0.3) is 54.9 Å². The first-order chi connectivity index (χ1) is 29.3. The summed E-state index contributed by atoms with van der Waals surface area (Å²) in [5.74, 6) is 1.77. The minimum absolute atomic E-state index is 0.558. The molecule has 0 bridgehead atoms. The van der Waals surface area contributed by atoms with Crippen LogP contribution in [0.3, 0.4) is 0 Å². The minimum atomic E-state index is -0.558. The van der Waals surface area contributed by atoms with Crippen LogP contribution in [-0.2, 0) is 5.41 Å². The van der Waals surface area contributed by atoms with Crippen molar-refractivity contribution in [3.63, 3.8) is 0 Å². The van der Waals surface area contributed by atoms with Gasteiger partial charge >= 0.3 is 0 Å². The second kappa shape index (κ2) is 13.2. The Morgan fingerprint density at radius 1 is 0.305 bits per heavy atom. The summed E-state index contributed by atoms with van der Waals surface area (Å²) in [6, 6.07) is 81.6. The summed E-state index contributed by atoms with van der Waals surface area (Å²) >= 11 is 0. The Kier molecular flexibility index (Phi) is 7.48. The van der Waals surface area contributed by atoms with Gasteiger partial charge in [0.2, 0.25) is 0 Å². The van der Waals surface area contributed by atoms with E-state index >= 15 is 0 Å². The van der Waals surface area contributed by atoms with Crippen LogP contribution in [0.15, 0.2) is 224 Å². The molecule has 2 nitrogen and oxygen atoms in total. The third-order valence-corrected chi connectivity index (χ3v) is 12.5. The van der Waals surface area contributed by atoms with Gasteiger partial charge in [0, 0.05) is 28.2 Å². The van der Waals surface area contributed by atoms with E-state index in [-0.39, 0.29) is 0 Å². The Balaban J connectivity index is 1.06. The highest BCUT2D eigenvalue weighted by molar-refractivity contribution is 6.13. The highest BCUT2D eigenvalue weighted by Crippen LogP contribution is 2.62. The van der Waals surface area contributed by atoms with Crippen molar-refractivity contribution >= 4 is 38.6 Å².